The fraction of sp³-hybridized carbons (Fsp3) is 0.400. The van der Waals surface area contributed by atoms with E-state index in [1.54, 1.807) is 6.07 Å². The summed E-state index contributed by atoms with van der Waals surface area (Å²) >= 11 is 9.08. The Morgan fingerprint density at radius 1 is 1.35 bits per heavy atom. The van der Waals surface area contributed by atoms with Gasteiger partial charge in [-0.15, -0.1) is 0 Å². The van der Waals surface area contributed by atoms with Crippen molar-refractivity contribution in [3.05, 3.63) is 33.3 Å². The summed E-state index contributed by atoms with van der Waals surface area (Å²) in [5, 5.41) is 3.55. The van der Waals surface area contributed by atoms with Crippen molar-refractivity contribution in [3.8, 4) is 0 Å². The molecule has 0 radical (unpaired) electrons. The standard InChI is InChI=1S/C10H10BrClF3NS/c11-8-5-7(1-2-9(8)12)6-16-3-4-17-10(13,14)15/h1-2,5,16H,3-4,6H2. The Hall–Kier alpha value is 0.0900. The van der Waals surface area contributed by atoms with Crippen molar-refractivity contribution < 1.29 is 13.2 Å². The van der Waals surface area contributed by atoms with Crippen LogP contribution in [0, 0.1) is 0 Å². The van der Waals surface area contributed by atoms with Gasteiger partial charge in [0.05, 0.1) is 5.02 Å². The summed E-state index contributed by atoms with van der Waals surface area (Å²) in [5.74, 6) is 0.0122. The molecule has 1 rings (SSSR count). The summed E-state index contributed by atoms with van der Waals surface area (Å²) in [6.07, 6.45) is 0. The molecule has 0 heterocycles. The van der Waals surface area contributed by atoms with Crippen LogP contribution in [0.4, 0.5) is 13.2 Å². The third kappa shape index (κ3) is 6.55. The van der Waals surface area contributed by atoms with E-state index in [-0.39, 0.29) is 17.5 Å². The highest BCUT2D eigenvalue weighted by Crippen LogP contribution is 2.29. The van der Waals surface area contributed by atoms with Crippen LogP contribution in [0.15, 0.2) is 22.7 Å². The van der Waals surface area contributed by atoms with E-state index in [0.717, 1.165) is 10.0 Å². The van der Waals surface area contributed by atoms with Gasteiger partial charge in [0.2, 0.25) is 0 Å². The van der Waals surface area contributed by atoms with E-state index < -0.39 is 5.51 Å². The molecule has 0 atom stereocenters. The molecule has 1 aromatic rings. The maximum atomic E-state index is 11.8. The number of halogens is 5. The maximum Gasteiger partial charge on any atom is 0.441 e. The van der Waals surface area contributed by atoms with Gasteiger partial charge in [0.15, 0.2) is 0 Å². The van der Waals surface area contributed by atoms with E-state index in [9.17, 15) is 13.2 Å². The van der Waals surface area contributed by atoms with Gasteiger partial charge in [-0.1, -0.05) is 17.7 Å². The minimum atomic E-state index is -4.15. The van der Waals surface area contributed by atoms with E-state index in [0.29, 0.717) is 18.1 Å². The fourth-order valence-corrected chi connectivity index (χ4v) is 2.14. The maximum absolute atomic E-state index is 11.8. The topological polar surface area (TPSA) is 12.0 Å². The number of alkyl halides is 3. The van der Waals surface area contributed by atoms with Gasteiger partial charge in [-0.2, -0.15) is 13.2 Å². The average molecular weight is 349 g/mol. The van der Waals surface area contributed by atoms with Gasteiger partial charge in [0, 0.05) is 23.3 Å². The van der Waals surface area contributed by atoms with Crippen molar-refractivity contribution in [2.24, 2.45) is 0 Å². The molecule has 7 heteroatoms. The van der Waals surface area contributed by atoms with Crippen LogP contribution in [-0.2, 0) is 6.54 Å². The van der Waals surface area contributed by atoms with Crippen LogP contribution in [0.1, 0.15) is 5.56 Å². The summed E-state index contributed by atoms with van der Waals surface area (Å²) in [6, 6.07) is 5.41. The summed E-state index contributed by atoms with van der Waals surface area (Å²) in [6.45, 7) is 0.832. The molecule has 96 valence electrons. The second-order valence-electron chi connectivity index (χ2n) is 3.22. The molecule has 17 heavy (non-hydrogen) atoms. The van der Waals surface area contributed by atoms with Crippen LogP contribution in [0.25, 0.3) is 0 Å². The van der Waals surface area contributed by atoms with Crippen molar-refractivity contribution in [3.63, 3.8) is 0 Å². The Bertz CT molecular complexity index is 373. The van der Waals surface area contributed by atoms with Crippen LogP contribution in [0.5, 0.6) is 0 Å². The predicted octanol–water partition coefficient (Wildman–Crippen LogP) is 4.45. The van der Waals surface area contributed by atoms with Crippen LogP contribution in [0.3, 0.4) is 0 Å². The second kappa shape index (κ2) is 6.87. The smallest absolute Gasteiger partial charge is 0.312 e. The predicted molar refractivity (Wildman–Crippen MR) is 69.4 cm³/mol. The van der Waals surface area contributed by atoms with Crippen molar-refractivity contribution >= 4 is 39.3 Å². The zero-order valence-corrected chi connectivity index (χ0v) is 11.8. The summed E-state index contributed by atoms with van der Waals surface area (Å²) in [7, 11) is 0. The van der Waals surface area contributed by atoms with Gasteiger partial charge in [0.25, 0.3) is 0 Å². The lowest BCUT2D eigenvalue weighted by atomic mass is 10.2. The average Bonchev–Trinajstić information content (AvgIpc) is 2.21. The quantitative estimate of drug-likeness (QED) is 0.789. The van der Waals surface area contributed by atoms with E-state index in [1.165, 1.54) is 0 Å². The van der Waals surface area contributed by atoms with Crippen molar-refractivity contribution in [1.29, 1.82) is 0 Å². The number of thioether (sulfide) groups is 1. The highest BCUT2D eigenvalue weighted by Gasteiger charge is 2.27. The Kier molecular flexibility index (Phi) is 6.12. The molecule has 0 aliphatic heterocycles. The van der Waals surface area contributed by atoms with Crippen LogP contribution >= 0.6 is 39.3 Å². The lowest BCUT2D eigenvalue weighted by molar-refractivity contribution is -0.0327. The first-order valence-electron chi connectivity index (χ1n) is 4.74. The van der Waals surface area contributed by atoms with Gasteiger partial charge in [-0.3, -0.25) is 0 Å². The van der Waals surface area contributed by atoms with E-state index >= 15 is 0 Å². The highest BCUT2D eigenvalue weighted by atomic mass is 79.9. The zero-order chi connectivity index (χ0) is 12.9. The molecule has 1 N–H and O–H groups in total. The highest BCUT2D eigenvalue weighted by molar-refractivity contribution is 9.10. The van der Waals surface area contributed by atoms with Gasteiger partial charge in [0.1, 0.15) is 0 Å². The van der Waals surface area contributed by atoms with Crippen molar-refractivity contribution in [2.75, 3.05) is 12.3 Å². The van der Waals surface area contributed by atoms with Crippen LogP contribution < -0.4 is 5.32 Å². The van der Waals surface area contributed by atoms with Crippen LogP contribution in [-0.4, -0.2) is 17.8 Å². The Labute approximate surface area is 115 Å². The number of rotatable bonds is 5. The largest absolute Gasteiger partial charge is 0.441 e. The number of nitrogens with one attached hydrogen (secondary N) is 1. The number of benzene rings is 1. The number of hydrogen-bond acceptors (Lipinski definition) is 2. The van der Waals surface area contributed by atoms with Gasteiger partial charge >= 0.3 is 5.51 Å². The fourth-order valence-electron chi connectivity index (χ4n) is 1.12. The zero-order valence-electron chi connectivity index (χ0n) is 8.65. The molecule has 0 aliphatic carbocycles. The summed E-state index contributed by atoms with van der Waals surface area (Å²) < 4.78 is 36.2. The first kappa shape index (κ1) is 15.1. The third-order valence-electron chi connectivity index (χ3n) is 1.86. The second-order valence-corrected chi connectivity index (χ2v) is 5.64. The Morgan fingerprint density at radius 2 is 2.06 bits per heavy atom. The van der Waals surface area contributed by atoms with E-state index in [2.05, 4.69) is 21.2 Å². The molecule has 0 unspecified atom stereocenters. The van der Waals surface area contributed by atoms with E-state index in [4.69, 9.17) is 11.6 Å². The molecule has 0 aromatic heterocycles. The van der Waals surface area contributed by atoms with E-state index in [1.807, 2.05) is 12.1 Å². The minimum Gasteiger partial charge on any atom is -0.312 e. The molecule has 0 saturated carbocycles. The molecular weight excluding hydrogens is 339 g/mol. The lowest BCUT2D eigenvalue weighted by Gasteiger charge is -2.07. The summed E-state index contributed by atoms with van der Waals surface area (Å²) in [5.41, 5.74) is -3.18. The van der Waals surface area contributed by atoms with Crippen molar-refractivity contribution in [1.82, 2.24) is 5.32 Å². The molecule has 0 amide bonds. The van der Waals surface area contributed by atoms with Crippen LogP contribution in [0.2, 0.25) is 5.02 Å². The molecule has 0 spiro atoms. The lowest BCUT2D eigenvalue weighted by Crippen LogP contribution is -2.18. The first-order valence-corrected chi connectivity index (χ1v) is 6.89. The molecule has 0 bridgehead atoms. The Morgan fingerprint density at radius 3 is 2.65 bits per heavy atom. The first-order chi connectivity index (χ1) is 7.88. The Balaban J connectivity index is 2.25. The minimum absolute atomic E-state index is 0.0122. The number of hydrogen-bond donors (Lipinski definition) is 1. The van der Waals surface area contributed by atoms with Crippen molar-refractivity contribution in [2.45, 2.75) is 12.1 Å². The third-order valence-corrected chi connectivity index (χ3v) is 3.81. The molecule has 0 saturated heterocycles. The molecular formula is C10H10BrClF3NS. The summed E-state index contributed by atoms with van der Waals surface area (Å²) in [4.78, 5) is 0. The molecule has 0 aliphatic rings. The van der Waals surface area contributed by atoms with Gasteiger partial charge in [-0.25, -0.2) is 0 Å². The SMILES string of the molecule is FC(F)(F)SCCNCc1ccc(Cl)c(Br)c1. The molecule has 1 nitrogen and oxygen atoms in total. The van der Waals surface area contributed by atoms with Gasteiger partial charge in [-0.05, 0) is 45.4 Å². The molecule has 1 aromatic carbocycles. The normalized spacial score (nSPS) is 11.8. The van der Waals surface area contributed by atoms with Gasteiger partial charge < -0.3 is 5.32 Å². The monoisotopic (exact) mass is 347 g/mol. The molecule has 0 fully saturated rings.